The molecule has 0 spiro atoms. The number of benzene rings is 3. The Morgan fingerprint density at radius 2 is 1.61 bits per heavy atom. The number of sulfonamides is 1. The SMILES string of the molecule is CCC(C(=O)NC1CCCCC1)N(Cc1cccc(C)c1)C(=O)CN(c1ccccc1)S(=O)(=O)c1ccc(OC)c(OC)c1. The smallest absolute Gasteiger partial charge is 0.264 e. The summed E-state index contributed by atoms with van der Waals surface area (Å²) in [6.07, 6.45) is 5.50. The van der Waals surface area contributed by atoms with Crippen LogP contribution in [-0.4, -0.2) is 58.0 Å². The van der Waals surface area contributed by atoms with Gasteiger partial charge in [-0.05, 0) is 56.0 Å². The van der Waals surface area contributed by atoms with Gasteiger partial charge in [-0.2, -0.15) is 0 Å². The second-order valence-corrected chi connectivity index (χ2v) is 13.0. The molecule has 1 fully saturated rings. The van der Waals surface area contributed by atoms with Crippen LogP contribution in [0, 0.1) is 6.92 Å². The van der Waals surface area contributed by atoms with E-state index in [2.05, 4.69) is 5.32 Å². The summed E-state index contributed by atoms with van der Waals surface area (Å²) >= 11 is 0. The molecule has 1 unspecified atom stereocenters. The molecular weight excluding hydrogens is 578 g/mol. The normalized spacial score (nSPS) is 14.4. The fourth-order valence-electron chi connectivity index (χ4n) is 5.70. The van der Waals surface area contributed by atoms with Crippen molar-refractivity contribution in [3.8, 4) is 11.5 Å². The molecule has 4 rings (SSSR count). The van der Waals surface area contributed by atoms with Crippen LogP contribution in [0.15, 0.2) is 77.7 Å². The number of rotatable bonds is 13. The molecule has 1 atom stereocenters. The third-order valence-electron chi connectivity index (χ3n) is 8.04. The number of carbonyl (C=O) groups is 2. The first-order chi connectivity index (χ1) is 21.2. The Labute approximate surface area is 261 Å². The summed E-state index contributed by atoms with van der Waals surface area (Å²) < 4.78 is 40.1. The highest BCUT2D eigenvalue weighted by molar-refractivity contribution is 7.92. The molecule has 0 saturated heterocycles. The number of nitrogens with zero attached hydrogens (tertiary/aromatic N) is 2. The average molecular weight is 622 g/mol. The van der Waals surface area contributed by atoms with Gasteiger partial charge in [0.1, 0.15) is 12.6 Å². The molecule has 1 saturated carbocycles. The predicted octanol–water partition coefficient (Wildman–Crippen LogP) is 5.46. The van der Waals surface area contributed by atoms with Crippen molar-refractivity contribution in [2.75, 3.05) is 25.1 Å². The number of ether oxygens (including phenoxy) is 2. The van der Waals surface area contributed by atoms with E-state index in [-0.39, 0.29) is 29.1 Å². The molecule has 0 heterocycles. The monoisotopic (exact) mass is 621 g/mol. The number of aryl methyl sites for hydroxylation is 1. The summed E-state index contributed by atoms with van der Waals surface area (Å²) in [4.78, 5) is 29.5. The number of anilines is 1. The number of nitrogens with one attached hydrogen (secondary N) is 1. The van der Waals surface area contributed by atoms with Crippen LogP contribution in [0.3, 0.4) is 0 Å². The maximum absolute atomic E-state index is 14.3. The van der Waals surface area contributed by atoms with Crippen molar-refractivity contribution in [1.29, 1.82) is 0 Å². The molecule has 1 aliphatic carbocycles. The standard InChI is InChI=1S/C34H43N3O6S/c1-5-30(34(39)35-27-15-8-6-9-16-27)36(23-26-14-12-13-25(2)21-26)33(38)24-37(28-17-10-7-11-18-28)44(40,41)29-19-20-31(42-3)32(22-29)43-4/h7,10-14,17-22,27,30H,5-6,8-9,15-16,23-24H2,1-4H3,(H,35,39). The highest BCUT2D eigenvalue weighted by Crippen LogP contribution is 2.32. The van der Waals surface area contributed by atoms with Crippen molar-refractivity contribution in [3.05, 3.63) is 83.9 Å². The lowest BCUT2D eigenvalue weighted by molar-refractivity contribution is -0.140. The van der Waals surface area contributed by atoms with Crippen molar-refractivity contribution in [2.45, 2.75) is 75.9 Å². The molecule has 1 N–H and O–H groups in total. The lowest BCUT2D eigenvalue weighted by Gasteiger charge is -2.34. The van der Waals surface area contributed by atoms with Gasteiger partial charge in [0.05, 0.1) is 24.8 Å². The molecular formula is C34H43N3O6S. The summed E-state index contributed by atoms with van der Waals surface area (Å²) in [5, 5.41) is 3.18. The van der Waals surface area contributed by atoms with E-state index in [1.54, 1.807) is 30.3 Å². The van der Waals surface area contributed by atoms with Crippen LogP contribution in [-0.2, 0) is 26.2 Å². The van der Waals surface area contributed by atoms with Crippen molar-refractivity contribution in [1.82, 2.24) is 10.2 Å². The molecule has 9 nitrogen and oxygen atoms in total. The zero-order valence-corrected chi connectivity index (χ0v) is 26.8. The number of hydrogen-bond donors (Lipinski definition) is 1. The van der Waals surface area contributed by atoms with Gasteiger partial charge in [-0.15, -0.1) is 0 Å². The Morgan fingerprint density at radius 3 is 2.25 bits per heavy atom. The lowest BCUT2D eigenvalue weighted by Crippen LogP contribution is -2.54. The second-order valence-electron chi connectivity index (χ2n) is 11.1. The average Bonchev–Trinajstić information content (AvgIpc) is 3.03. The molecule has 236 valence electrons. The zero-order valence-electron chi connectivity index (χ0n) is 26.0. The van der Waals surface area contributed by atoms with Gasteiger partial charge < -0.3 is 19.7 Å². The van der Waals surface area contributed by atoms with Crippen LogP contribution >= 0.6 is 0 Å². The Kier molecular flexibility index (Phi) is 11.3. The first-order valence-electron chi connectivity index (χ1n) is 15.1. The van der Waals surface area contributed by atoms with E-state index in [1.165, 1.54) is 37.3 Å². The summed E-state index contributed by atoms with van der Waals surface area (Å²) in [6.45, 7) is 3.50. The number of carbonyl (C=O) groups excluding carboxylic acids is 2. The van der Waals surface area contributed by atoms with Crippen LogP contribution in [0.25, 0.3) is 0 Å². The van der Waals surface area contributed by atoms with E-state index in [9.17, 15) is 18.0 Å². The van der Waals surface area contributed by atoms with Gasteiger partial charge in [0.2, 0.25) is 11.8 Å². The first-order valence-corrected chi connectivity index (χ1v) is 16.6. The van der Waals surface area contributed by atoms with E-state index in [0.717, 1.165) is 47.5 Å². The molecule has 0 radical (unpaired) electrons. The molecule has 2 amide bonds. The van der Waals surface area contributed by atoms with Crippen molar-refractivity contribution >= 4 is 27.5 Å². The van der Waals surface area contributed by atoms with Crippen LogP contribution in [0.2, 0.25) is 0 Å². The largest absolute Gasteiger partial charge is 0.493 e. The Hall–Kier alpha value is -4.05. The van der Waals surface area contributed by atoms with Crippen LogP contribution in [0.1, 0.15) is 56.6 Å². The molecule has 3 aromatic rings. The Bertz CT molecular complexity index is 1520. The summed E-state index contributed by atoms with van der Waals surface area (Å²) in [5.74, 6) is -0.0632. The number of hydrogen-bond acceptors (Lipinski definition) is 6. The summed E-state index contributed by atoms with van der Waals surface area (Å²) in [7, 11) is -1.35. The van der Waals surface area contributed by atoms with E-state index in [0.29, 0.717) is 17.9 Å². The van der Waals surface area contributed by atoms with E-state index in [4.69, 9.17) is 9.47 Å². The van der Waals surface area contributed by atoms with Crippen LogP contribution < -0.4 is 19.1 Å². The minimum Gasteiger partial charge on any atom is -0.493 e. The number of amides is 2. The molecule has 3 aromatic carbocycles. The van der Waals surface area contributed by atoms with Gasteiger partial charge in [0, 0.05) is 18.7 Å². The zero-order chi connectivity index (χ0) is 31.7. The van der Waals surface area contributed by atoms with Gasteiger partial charge in [-0.1, -0.05) is 74.2 Å². The minimum atomic E-state index is -4.25. The highest BCUT2D eigenvalue weighted by Gasteiger charge is 2.34. The predicted molar refractivity (Wildman–Crippen MR) is 171 cm³/mol. The fourth-order valence-corrected chi connectivity index (χ4v) is 7.13. The fraction of sp³-hybridized carbons (Fsp3) is 0.412. The molecule has 0 bridgehead atoms. The topological polar surface area (TPSA) is 105 Å². The van der Waals surface area contributed by atoms with Gasteiger partial charge >= 0.3 is 0 Å². The van der Waals surface area contributed by atoms with Crippen molar-refractivity contribution < 1.29 is 27.5 Å². The first kappa shape index (κ1) is 32.9. The van der Waals surface area contributed by atoms with Crippen LogP contribution in [0.4, 0.5) is 5.69 Å². The maximum atomic E-state index is 14.3. The second kappa shape index (κ2) is 15.1. The van der Waals surface area contributed by atoms with Gasteiger partial charge in [0.15, 0.2) is 11.5 Å². The molecule has 1 aliphatic rings. The van der Waals surface area contributed by atoms with Crippen LogP contribution in [0.5, 0.6) is 11.5 Å². The third-order valence-corrected chi connectivity index (χ3v) is 9.81. The van der Waals surface area contributed by atoms with E-state index >= 15 is 0 Å². The lowest BCUT2D eigenvalue weighted by atomic mass is 9.95. The summed E-state index contributed by atoms with van der Waals surface area (Å²) in [6, 6.07) is 19.9. The highest BCUT2D eigenvalue weighted by atomic mass is 32.2. The Morgan fingerprint density at radius 1 is 0.909 bits per heavy atom. The summed E-state index contributed by atoms with van der Waals surface area (Å²) in [5.41, 5.74) is 2.21. The van der Waals surface area contributed by atoms with Crippen molar-refractivity contribution in [2.24, 2.45) is 0 Å². The number of methoxy groups -OCH3 is 2. The molecule has 0 aromatic heterocycles. The van der Waals surface area contributed by atoms with E-state index in [1.807, 2.05) is 38.1 Å². The van der Waals surface area contributed by atoms with Crippen molar-refractivity contribution in [3.63, 3.8) is 0 Å². The molecule has 44 heavy (non-hydrogen) atoms. The molecule has 0 aliphatic heterocycles. The van der Waals surface area contributed by atoms with Gasteiger partial charge in [0.25, 0.3) is 10.0 Å². The Balaban J connectivity index is 1.71. The third kappa shape index (κ3) is 7.91. The number of para-hydroxylation sites is 1. The quantitative estimate of drug-likeness (QED) is 0.272. The molecule has 10 heteroatoms. The van der Waals surface area contributed by atoms with Gasteiger partial charge in [-0.25, -0.2) is 8.42 Å². The maximum Gasteiger partial charge on any atom is 0.264 e. The van der Waals surface area contributed by atoms with E-state index < -0.39 is 28.5 Å². The van der Waals surface area contributed by atoms with Gasteiger partial charge in [-0.3, -0.25) is 13.9 Å². The minimum absolute atomic E-state index is 0.0564.